The lowest BCUT2D eigenvalue weighted by atomic mass is 9.60. The number of fused-ring (bicyclic) bond motifs is 3. The molecule has 4 saturated carbocycles. The van der Waals surface area contributed by atoms with Crippen molar-refractivity contribution in [2.45, 2.75) is 75.7 Å². The lowest BCUT2D eigenvalue weighted by Crippen LogP contribution is -2.36. The largest absolute Gasteiger partial charge is 0.300 e. The maximum atomic E-state index is 12.1. The third-order valence-electron chi connectivity index (χ3n) is 8.75. The van der Waals surface area contributed by atoms with Crippen molar-refractivity contribution in [3.63, 3.8) is 0 Å². The first kappa shape index (κ1) is 16.5. The first-order valence-electron chi connectivity index (χ1n) is 10.2. The molecular weight excluding hydrogens is 332 g/mol. The van der Waals surface area contributed by atoms with Crippen molar-refractivity contribution in [2.24, 2.45) is 34.5 Å². The van der Waals surface area contributed by atoms with Gasteiger partial charge in [0.25, 0.3) is 0 Å². The van der Waals surface area contributed by atoms with Gasteiger partial charge in [-0.05, 0) is 79.4 Å². The Hall–Kier alpha value is 0.370. The molecule has 6 atom stereocenters. The maximum absolute atomic E-state index is 12.1. The summed E-state index contributed by atoms with van der Waals surface area (Å²) in [5.74, 6) is 6.81. The molecule has 1 nitrogen and oxygen atoms in total. The zero-order chi connectivity index (χ0) is 16.6. The van der Waals surface area contributed by atoms with Crippen LogP contribution in [0.25, 0.3) is 0 Å². The Labute approximate surface area is 155 Å². The second-order valence-electron chi connectivity index (χ2n) is 10.3. The minimum atomic E-state index is 0.353. The molecule has 0 radical (unpaired) electrons. The van der Waals surface area contributed by atoms with Crippen molar-refractivity contribution in [3.05, 3.63) is 0 Å². The number of rotatable bonds is 0. The van der Waals surface area contributed by atoms with Crippen molar-refractivity contribution in [3.8, 4) is 0 Å². The molecule has 1 heterocycles. The zero-order valence-electron chi connectivity index (χ0n) is 15.3. The smallest absolute Gasteiger partial charge is 0.133 e. The summed E-state index contributed by atoms with van der Waals surface area (Å²) in [6.07, 6.45) is 11.8. The van der Waals surface area contributed by atoms with E-state index in [1.54, 1.807) is 0 Å². The number of carbonyl (C=O) groups is 1. The molecule has 5 rings (SSSR count). The first-order valence-corrected chi connectivity index (χ1v) is 12.2. The highest BCUT2D eigenvalue weighted by Gasteiger charge is 2.58. The second kappa shape index (κ2) is 5.44. The third kappa shape index (κ3) is 2.47. The summed E-state index contributed by atoms with van der Waals surface area (Å²) < 4.78 is 0.580. The van der Waals surface area contributed by atoms with E-state index in [4.69, 9.17) is 0 Å². The summed E-state index contributed by atoms with van der Waals surface area (Å²) in [5.41, 5.74) is 0.958. The highest BCUT2D eigenvalue weighted by Crippen LogP contribution is 2.68. The van der Waals surface area contributed by atoms with Crippen LogP contribution in [-0.4, -0.2) is 21.4 Å². The lowest BCUT2D eigenvalue weighted by Gasteiger charge is -2.45. The minimum Gasteiger partial charge on any atom is -0.300 e. The van der Waals surface area contributed by atoms with Gasteiger partial charge >= 0.3 is 0 Å². The molecule has 1 aliphatic heterocycles. The van der Waals surface area contributed by atoms with E-state index in [9.17, 15) is 4.79 Å². The summed E-state index contributed by atoms with van der Waals surface area (Å²) in [7, 11) is 0. The molecule has 5 aliphatic rings. The van der Waals surface area contributed by atoms with Gasteiger partial charge in [-0.25, -0.2) is 0 Å². The van der Waals surface area contributed by atoms with Crippen molar-refractivity contribution >= 4 is 29.3 Å². The van der Waals surface area contributed by atoms with Crippen LogP contribution in [0.1, 0.15) is 71.6 Å². The summed E-state index contributed by atoms with van der Waals surface area (Å²) in [6.45, 7) is 5.08. The van der Waals surface area contributed by atoms with Gasteiger partial charge in [0.15, 0.2) is 0 Å². The van der Waals surface area contributed by atoms with Gasteiger partial charge < -0.3 is 0 Å². The van der Waals surface area contributed by atoms with Crippen LogP contribution in [0.15, 0.2) is 0 Å². The van der Waals surface area contributed by atoms with Crippen LogP contribution in [0.4, 0.5) is 0 Å². The predicted octanol–water partition coefficient (Wildman–Crippen LogP) is 5.77. The fraction of sp³-hybridized carbons (Fsp3) is 0.952. The van der Waals surface area contributed by atoms with Crippen molar-refractivity contribution in [2.75, 3.05) is 11.5 Å². The van der Waals surface area contributed by atoms with Crippen LogP contribution < -0.4 is 0 Å². The Morgan fingerprint density at radius 2 is 1.71 bits per heavy atom. The maximum Gasteiger partial charge on any atom is 0.133 e. The highest BCUT2D eigenvalue weighted by molar-refractivity contribution is 8.21. The van der Waals surface area contributed by atoms with Gasteiger partial charge in [-0.3, -0.25) is 4.79 Å². The third-order valence-corrected chi connectivity index (χ3v) is 12.2. The number of carbonyl (C=O) groups excluding carboxylic acids is 1. The number of hydrogen-bond acceptors (Lipinski definition) is 3. The van der Waals surface area contributed by atoms with Gasteiger partial charge in [-0.15, -0.1) is 23.5 Å². The van der Waals surface area contributed by atoms with E-state index in [0.717, 1.165) is 30.6 Å². The quantitative estimate of drug-likeness (QED) is 0.543. The van der Waals surface area contributed by atoms with E-state index in [2.05, 4.69) is 37.4 Å². The fourth-order valence-corrected chi connectivity index (χ4v) is 11.2. The number of Topliss-reactive ketones (excluding diaryl/α,β-unsaturated/α-hetero) is 1. The predicted molar refractivity (Wildman–Crippen MR) is 104 cm³/mol. The van der Waals surface area contributed by atoms with Gasteiger partial charge in [-0.2, -0.15) is 0 Å². The summed E-state index contributed by atoms with van der Waals surface area (Å²) in [6, 6.07) is 0. The summed E-state index contributed by atoms with van der Waals surface area (Å²) in [5, 5.41) is 0. The average Bonchev–Trinajstić information content (AvgIpc) is 3.11. The topological polar surface area (TPSA) is 17.1 Å². The Morgan fingerprint density at radius 1 is 0.958 bits per heavy atom. The summed E-state index contributed by atoms with van der Waals surface area (Å²) in [4.78, 5) is 12.1. The monoisotopic (exact) mass is 364 g/mol. The molecular formula is C21H32OS2. The van der Waals surface area contributed by atoms with Crippen LogP contribution in [0.2, 0.25) is 0 Å². The molecule has 5 fully saturated rings. The van der Waals surface area contributed by atoms with Crippen molar-refractivity contribution in [1.82, 2.24) is 0 Å². The Balaban J connectivity index is 1.38. The van der Waals surface area contributed by atoms with Gasteiger partial charge in [0, 0.05) is 24.3 Å². The molecule has 0 unspecified atom stereocenters. The van der Waals surface area contributed by atoms with E-state index < -0.39 is 0 Å². The molecule has 0 aromatic carbocycles. The molecule has 0 N–H and O–H groups in total. The number of thioether (sulfide) groups is 2. The van der Waals surface area contributed by atoms with Gasteiger partial charge in [0.1, 0.15) is 5.78 Å². The Bertz CT molecular complexity index is 554. The second-order valence-corrected chi connectivity index (χ2v) is 13.6. The lowest BCUT2D eigenvalue weighted by molar-refractivity contribution is -0.118. The van der Waals surface area contributed by atoms with Crippen molar-refractivity contribution < 1.29 is 4.79 Å². The van der Waals surface area contributed by atoms with Gasteiger partial charge in [0.05, 0.1) is 4.08 Å². The zero-order valence-corrected chi connectivity index (χ0v) is 16.9. The van der Waals surface area contributed by atoms with E-state index >= 15 is 0 Å². The normalized spacial score (nSPS) is 52.8. The molecule has 0 amide bonds. The molecule has 0 aromatic heterocycles. The number of hydrogen-bond donors (Lipinski definition) is 0. The van der Waals surface area contributed by atoms with E-state index in [0.29, 0.717) is 26.6 Å². The molecule has 4 aliphatic carbocycles. The SMILES string of the molecule is C[C@]12CC(=O)C[C@@H]1C[C@H]1CC[C@]3(C)CC4(C[C@H]3C[C@H]1C2)SCCS4. The van der Waals surface area contributed by atoms with Crippen molar-refractivity contribution in [1.29, 1.82) is 0 Å². The molecule has 3 heteroatoms. The number of ketones is 1. The van der Waals surface area contributed by atoms with Crippen LogP contribution in [0, 0.1) is 34.5 Å². The Morgan fingerprint density at radius 3 is 2.50 bits per heavy atom. The van der Waals surface area contributed by atoms with Crippen LogP contribution >= 0.6 is 23.5 Å². The highest BCUT2D eigenvalue weighted by atomic mass is 32.2. The van der Waals surface area contributed by atoms with Gasteiger partial charge in [-0.1, -0.05) is 13.8 Å². The molecule has 0 aromatic rings. The molecule has 24 heavy (non-hydrogen) atoms. The Kier molecular flexibility index (Phi) is 3.75. The van der Waals surface area contributed by atoms with Gasteiger partial charge in [0.2, 0.25) is 0 Å². The van der Waals surface area contributed by atoms with Crippen LogP contribution in [0.3, 0.4) is 0 Å². The molecule has 0 bridgehead atoms. The first-order chi connectivity index (χ1) is 11.4. The standard InChI is InChI=1S/C21H32OS2/c1-19-4-3-14-7-16-9-18(22)12-20(16,2)10-15(14)8-17(19)11-21(13-19)23-5-6-24-21/h14-17H,3-13H2,1-2H3/t14-,15+,16+,17-,19-,20+/m1/s1. The minimum absolute atomic E-state index is 0.353. The van der Waals surface area contributed by atoms with Crippen LogP contribution in [-0.2, 0) is 4.79 Å². The summed E-state index contributed by atoms with van der Waals surface area (Å²) >= 11 is 4.57. The van der Waals surface area contributed by atoms with E-state index in [-0.39, 0.29) is 0 Å². The fourth-order valence-electron chi connectivity index (χ4n) is 7.46. The van der Waals surface area contributed by atoms with E-state index in [1.807, 2.05) is 0 Å². The molecule has 1 saturated heterocycles. The molecule has 134 valence electrons. The van der Waals surface area contributed by atoms with Crippen LogP contribution in [0.5, 0.6) is 0 Å². The van der Waals surface area contributed by atoms with E-state index in [1.165, 1.54) is 56.5 Å². The average molecular weight is 365 g/mol. The molecule has 1 spiro atoms.